The van der Waals surface area contributed by atoms with Gasteiger partial charge >= 0.3 is 0 Å². The number of fused-ring (bicyclic) bond motifs is 1. The molecule has 5 heteroatoms. The first-order chi connectivity index (χ1) is 14.2. The van der Waals surface area contributed by atoms with Crippen molar-refractivity contribution >= 4 is 22.5 Å². The topological polar surface area (TPSA) is 60.5 Å². The van der Waals surface area contributed by atoms with Crippen molar-refractivity contribution in [2.75, 3.05) is 19.5 Å². The van der Waals surface area contributed by atoms with E-state index < -0.39 is 0 Å². The van der Waals surface area contributed by atoms with Crippen molar-refractivity contribution in [2.45, 2.75) is 0 Å². The number of ether oxygens (including phenoxy) is 2. The fourth-order valence-corrected chi connectivity index (χ4v) is 3.15. The minimum atomic E-state index is -0.204. The summed E-state index contributed by atoms with van der Waals surface area (Å²) < 4.78 is 10.5. The van der Waals surface area contributed by atoms with E-state index in [0.717, 1.165) is 22.4 Å². The number of hydrogen-bond acceptors (Lipinski definition) is 4. The van der Waals surface area contributed by atoms with Gasteiger partial charge in [0.2, 0.25) is 0 Å². The average Bonchev–Trinajstić information content (AvgIpc) is 2.79. The molecule has 0 radical (unpaired) electrons. The van der Waals surface area contributed by atoms with E-state index in [2.05, 4.69) is 5.32 Å². The van der Waals surface area contributed by atoms with Crippen LogP contribution in [0.15, 0.2) is 78.9 Å². The first kappa shape index (κ1) is 18.5. The van der Waals surface area contributed by atoms with Gasteiger partial charge in [0.25, 0.3) is 5.91 Å². The maximum absolute atomic E-state index is 13.1. The molecule has 0 spiro atoms. The number of nitrogens with zero attached hydrogens (tertiary/aromatic N) is 1. The van der Waals surface area contributed by atoms with Crippen LogP contribution in [0.5, 0.6) is 11.5 Å². The van der Waals surface area contributed by atoms with Crippen LogP contribution >= 0.6 is 0 Å². The van der Waals surface area contributed by atoms with E-state index in [0.29, 0.717) is 22.5 Å². The van der Waals surface area contributed by atoms with E-state index in [1.165, 1.54) is 0 Å². The van der Waals surface area contributed by atoms with Crippen LogP contribution in [0.25, 0.3) is 22.2 Å². The monoisotopic (exact) mass is 384 g/mol. The highest BCUT2D eigenvalue weighted by atomic mass is 16.5. The van der Waals surface area contributed by atoms with E-state index in [9.17, 15) is 4.79 Å². The van der Waals surface area contributed by atoms with Gasteiger partial charge in [-0.25, -0.2) is 4.98 Å². The van der Waals surface area contributed by atoms with Crippen LogP contribution < -0.4 is 14.8 Å². The Morgan fingerprint density at radius 2 is 1.52 bits per heavy atom. The van der Waals surface area contributed by atoms with E-state index in [1.54, 1.807) is 38.5 Å². The Bertz CT molecular complexity index is 1160. The van der Waals surface area contributed by atoms with Crippen LogP contribution in [-0.2, 0) is 0 Å². The molecule has 1 N–H and O–H groups in total. The van der Waals surface area contributed by atoms with Gasteiger partial charge in [-0.3, -0.25) is 4.79 Å². The molecule has 0 aliphatic heterocycles. The summed E-state index contributed by atoms with van der Waals surface area (Å²) in [5.41, 5.74) is 3.61. The summed E-state index contributed by atoms with van der Waals surface area (Å²) in [6, 6.07) is 24.4. The third-order valence-corrected chi connectivity index (χ3v) is 4.68. The van der Waals surface area contributed by atoms with Crippen molar-refractivity contribution in [1.29, 1.82) is 0 Å². The summed E-state index contributed by atoms with van der Waals surface area (Å²) >= 11 is 0. The second-order valence-electron chi connectivity index (χ2n) is 6.49. The summed E-state index contributed by atoms with van der Waals surface area (Å²) in [5, 5.41) is 3.72. The molecular weight excluding hydrogens is 364 g/mol. The maximum atomic E-state index is 13.1. The Morgan fingerprint density at radius 1 is 0.828 bits per heavy atom. The fraction of sp³-hybridized carbons (Fsp3) is 0.0833. The highest BCUT2D eigenvalue weighted by Crippen LogP contribution is 2.28. The molecular formula is C24H20N2O3. The molecule has 0 saturated carbocycles. The lowest BCUT2D eigenvalue weighted by Gasteiger charge is -2.12. The summed E-state index contributed by atoms with van der Waals surface area (Å²) in [6.45, 7) is 0. The predicted molar refractivity (Wildman–Crippen MR) is 115 cm³/mol. The number of hydrogen-bond donors (Lipinski definition) is 1. The molecule has 0 fully saturated rings. The van der Waals surface area contributed by atoms with Gasteiger partial charge in [-0.2, -0.15) is 0 Å². The number of carbonyl (C=O) groups is 1. The van der Waals surface area contributed by atoms with Crippen LogP contribution in [0.3, 0.4) is 0 Å². The SMILES string of the molecule is COc1ccc(NC(=O)c2cc(-c3ccccc3)nc3cc(OC)ccc23)cc1. The molecule has 0 aliphatic rings. The summed E-state index contributed by atoms with van der Waals surface area (Å²) in [6.07, 6.45) is 0. The number of nitrogens with one attached hydrogen (secondary N) is 1. The molecule has 1 amide bonds. The third kappa shape index (κ3) is 3.89. The minimum Gasteiger partial charge on any atom is -0.497 e. The molecule has 4 aromatic rings. The highest BCUT2D eigenvalue weighted by Gasteiger charge is 2.15. The molecule has 0 aliphatic carbocycles. The van der Waals surface area contributed by atoms with E-state index >= 15 is 0 Å². The molecule has 0 unspecified atom stereocenters. The zero-order valence-electron chi connectivity index (χ0n) is 16.2. The van der Waals surface area contributed by atoms with Crippen molar-refractivity contribution < 1.29 is 14.3 Å². The van der Waals surface area contributed by atoms with Gasteiger partial charge in [-0.15, -0.1) is 0 Å². The van der Waals surface area contributed by atoms with E-state index in [1.807, 2.05) is 54.6 Å². The Hall–Kier alpha value is -3.86. The lowest BCUT2D eigenvalue weighted by Crippen LogP contribution is -2.13. The number of aromatic nitrogens is 1. The normalized spacial score (nSPS) is 10.6. The van der Waals surface area contributed by atoms with Gasteiger partial charge in [0, 0.05) is 22.7 Å². The van der Waals surface area contributed by atoms with Gasteiger partial charge in [0.05, 0.1) is 31.0 Å². The van der Waals surface area contributed by atoms with Crippen LogP contribution in [0.1, 0.15) is 10.4 Å². The second kappa shape index (κ2) is 8.02. The fourth-order valence-electron chi connectivity index (χ4n) is 3.15. The number of carbonyl (C=O) groups excluding carboxylic acids is 1. The van der Waals surface area contributed by atoms with Crippen LogP contribution in [-0.4, -0.2) is 25.1 Å². The van der Waals surface area contributed by atoms with E-state index in [4.69, 9.17) is 14.5 Å². The van der Waals surface area contributed by atoms with Crippen molar-refractivity contribution in [3.63, 3.8) is 0 Å². The van der Waals surface area contributed by atoms with Crippen LogP contribution in [0.4, 0.5) is 5.69 Å². The lowest BCUT2D eigenvalue weighted by atomic mass is 10.0. The number of amides is 1. The molecule has 1 heterocycles. The molecule has 4 rings (SSSR count). The maximum Gasteiger partial charge on any atom is 0.256 e. The molecule has 0 atom stereocenters. The molecule has 0 saturated heterocycles. The van der Waals surface area contributed by atoms with Crippen molar-refractivity contribution in [3.8, 4) is 22.8 Å². The summed E-state index contributed by atoms with van der Waals surface area (Å²) in [5.74, 6) is 1.22. The van der Waals surface area contributed by atoms with Gasteiger partial charge in [-0.1, -0.05) is 30.3 Å². The first-order valence-electron chi connectivity index (χ1n) is 9.17. The summed E-state index contributed by atoms with van der Waals surface area (Å²) in [7, 11) is 3.22. The summed E-state index contributed by atoms with van der Waals surface area (Å²) in [4.78, 5) is 17.9. The van der Waals surface area contributed by atoms with Crippen molar-refractivity contribution in [2.24, 2.45) is 0 Å². The van der Waals surface area contributed by atoms with Gasteiger partial charge in [-0.05, 0) is 42.5 Å². The molecule has 0 bridgehead atoms. The molecule has 5 nitrogen and oxygen atoms in total. The largest absolute Gasteiger partial charge is 0.497 e. The van der Waals surface area contributed by atoms with Crippen LogP contribution in [0, 0.1) is 0 Å². The van der Waals surface area contributed by atoms with Gasteiger partial charge in [0.1, 0.15) is 11.5 Å². The number of benzene rings is 3. The average molecular weight is 384 g/mol. The number of pyridine rings is 1. The molecule has 1 aromatic heterocycles. The van der Waals surface area contributed by atoms with Crippen molar-refractivity contribution in [1.82, 2.24) is 4.98 Å². The zero-order valence-corrected chi connectivity index (χ0v) is 16.2. The predicted octanol–water partition coefficient (Wildman–Crippen LogP) is 5.17. The zero-order chi connectivity index (χ0) is 20.2. The second-order valence-corrected chi connectivity index (χ2v) is 6.49. The van der Waals surface area contributed by atoms with Gasteiger partial charge < -0.3 is 14.8 Å². The third-order valence-electron chi connectivity index (χ3n) is 4.68. The van der Waals surface area contributed by atoms with Crippen LogP contribution in [0.2, 0.25) is 0 Å². The Labute approximate surface area is 168 Å². The lowest BCUT2D eigenvalue weighted by molar-refractivity contribution is 0.102. The van der Waals surface area contributed by atoms with E-state index in [-0.39, 0.29) is 5.91 Å². The number of methoxy groups -OCH3 is 2. The Kier molecular flexibility index (Phi) is 5.12. The highest BCUT2D eigenvalue weighted by molar-refractivity contribution is 6.13. The Balaban J connectivity index is 1.79. The quantitative estimate of drug-likeness (QED) is 0.516. The molecule has 144 valence electrons. The smallest absolute Gasteiger partial charge is 0.256 e. The Morgan fingerprint density at radius 3 is 2.21 bits per heavy atom. The van der Waals surface area contributed by atoms with Gasteiger partial charge in [0.15, 0.2) is 0 Å². The molecule has 29 heavy (non-hydrogen) atoms. The first-order valence-corrected chi connectivity index (χ1v) is 9.17. The standard InChI is InChI=1S/C24H20N2O3/c1-28-18-10-8-17(9-11-18)25-24(27)21-15-22(16-6-4-3-5-7-16)26-23-14-19(29-2)12-13-20(21)23/h3-15H,1-2H3,(H,25,27). The molecule has 3 aromatic carbocycles. The van der Waals surface area contributed by atoms with Crippen molar-refractivity contribution in [3.05, 3.63) is 84.4 Å². The number of rotatable bonds is 5. The minimum absolute atomic E-state index is 0.204. The number of anilines is 1.